The number of nitrogens with one attached hydrogen (secondary N) is 1. The molecule has 0 bridgehead atoms. The largest absolute Gasteiger partial charge is 0.394 e. The molecule has 3 heteroatoms. The van der Waals surface area contributed by atoms with Gasteiger partial charge in [-0.25, -0.2) is 0 Å². The molecule has 2 aromatic carbocycles. The van der Waals surface area contributed by atoms with Crippen molar-refractivity contribution in [2.24, 2.45) is 0 Å². The van der Waals surface area contributed by atoms with Crippen molar-refractivity contribution >= 4 is 5.91 Å². The van der Waals surface area contributed by atoms with E-state index in [1.807, 2.05) is 61.5 Å². The lowest BCUT2D eigenvalue weighted by molar-refractivity contribution is 0.0915. The SMILES string of the molecule is CCc1ccccc1C(=O)N[C@@H](CO)c1ccccc1. The number of carbonyl (C=O) groups is 1. The molecular weight excluding hydrogens is 250 g/mol. The molecule has 0 aliphatic rings. The summed E-state index contributed by atoms with van der Waals surface area (Å²) >= 11 is 0. The standard InChI is InChI=1S/C17H19NO2/c1-2-13-8-6-7-11-15(13)17(20)18-16(12-19)14-9-4-3-5-10-14/h3-11,16,19H,2,12H2,1H3,(H,18,20)/t16-/m0/s1. The van der Waals surface area contributed by atoms with Crippen molar-refractivity contribution in [1.82, 2.24) is 5.32 Å². The second kappa shape index (κ2) is 6.87. The Bertz CT molecular complexity index is 566. The Morgan fingerprint density at radius 1 is 1.10 bits per heavy atom. The first-order chi connectivity index (χ1) is 9.76. The minimum absolute atomic E-state index is 0.121. The zero-order chi connectivity index (χ0) is 14.4. The summed E-state index contributed by atoms with van der Waals surface area (Å²) in [4.78, 5) is 12.3. The van der Waals surface area contributed by atoms with E-state index in [-0.39, 0.29) is 18.6 Å². The van der Waals surface area contributed by atoms with E-state index >= 15 is 0 Å². The lowest BCUT2D eigenvalue weighted by Crippen LogP contribution is -2.31. The van der Waals surface area contributed by atoms with Gasteiger partial charge < -0.3 is 10.4 Å². The van der Waals surface area contributed by atoms with E-state index < -0.39 is 0 Å². The first-order valence-corrected chi connectivity index (χ1v) is 6.80. The van der Waals surface area contributed by atoms with Gasteiger partial charge in [-0.3, -0.25) is 4.79 Å². The van der Waals surface area contributed by atoms with Gasteiger partial charge in [-0.15, -0.1) is 0 Å². The molecular formula is C17H19NO2. The maximum atomic E-state index is 12.3. The Labute approximate surface area is 119 Å². The molecule has 0 heterocycles. The van der Waals surface area contributed by atoms with Crippen LogP contribution in [0, 0.1) is 0 Å². The average molecular weight is 269 g/mol. The Morgan fingerprint density at radius 2 is 1.75 bits per heavy atom. The van der Waals surface area contributed by atoms with Crippen LogP contribution in [0.5, 0.6) is 0 Å². The molecule has 2 aromatic rings. The Morgan fingerprint density at radius 3 is 2.40 bits per heavy atom. The smallest absolute Gasteiger partial charge is 0.252 e. The van der Waals surface area contributed by atoms with Crippen molar-refractivity contribution in [3.05, 3.63) is 71.3 Å². The number of aryl methyl sites for hydroxylation is 1. The van der Waals surface area contributed by atoms with Crippen LogP contribution in [0.3, 0.4) is 0 Å². The first-order valence-electron chi connectivity index (χ1n) is 6.80. The summed E-state index contributed by atoms with van der Waals surface area (Å²) in [6.45, 7) is 1.90. The molecule has 0 saturated carbocycles. The zero-order valence-electron chi connectivity index (χ0n) is 11.5. The van der Waals surface area contributed by atoms with Crippen molar-refractivity contribution in [2.45, 2.75) is 19.4 Å². The molecule has 0 unspecified atom stereocenters. The highest BCUT2D eigenvalue weighted by Crippen LogP contribution is 2.15. The lowest BCUT2D eigenvalue weighted by Gasteiger charge is -2.17. The summed E-state index contributed by atoms with van der Waals surface area (Å²) in [5.41, 5.74) is 2.58. The predicted molar refractivity (Wildman–Crippen MR) is 79.6 cm³/mol. The van der Waals surface area contributed by atoms with Gasteiger partial charge in [-0.2, -0.15) is 0 Å². The number of hydrogen-bond donors (Lipinski definition) is 2. The molecule has 0 saturated heterocycles. The molecule has 0 fully saturated rings. The fourth-order valence-corrected chi connectivity index (χ4v) is 2.21. The Balaban J connectivity index is 2.18. The van der Waals surface area contributed by atoms with Crippen LogP contribution in [0.1, 0.15) is 34.5 Å². The van der Waals surface area contributed by atoms with Crippen LogP contribution < -0.4 is 5.32 Å². The van der Waals surface area contributed by atoms with Gasteiger partial charge in [0, 0.05) is 5.56 Å². The minimum Gasteiger partial charge on any atom is -0.394 e. The van der Waals surface area contributed by atoms with Gasteiger partial charge in [0.05, 0.1) is 12.6 Å². The van der Waals surface area contributed by atoms with Gasteiger partial charge >= 0.3 is 0 Å². The van der Waals surface area contributed by atoms with Crippen LogP contribution in [-0.4, -0.2) is 17.6 Å². The Kier molecular flexibility index (Phi) is 4.91. The zero-order valence-corrected chi connectivity index (χ0v) is 11.5. The average Bonchev–Trinajstić information content (AvgIpc) is 2.53. The topological polar surface area (TPSA) is 49.3 Å². The van der Waals surface area contributed by atoms with Crippen molar-refractivity contribution in [2.75, 3.05) is 6.61 Å². The summed E-state index contributed by atoms with van der Waals surface area (Å²) in [5, 5.41) is 12.4. The molecule has 0 radical (unpaired) electrons. The van der Waals surface area contributed by atoms with Crippen molar-refractivity contribution in [3.8, 4) is 0 Å². The van der Waals surface area contributed by atoms with Crippen LogP contribution in [0.4, 0.5) is 0 Å². The predicted octanol–water partition coefficient (Wildman–Crippen LogP) is 2.71. The molecule has 0 aliphatic heterocycles. The third-order valence-corrected chi connectivity index (χ3v) is 3.33. The second-order valence-corrected chi connectivity index (χ2v) is 4.63. The third kappa shape index (κ3) is 3.25. The number of benzene rings is 2. The fourth-order valence-electron chi connectivity index (χ4n) is 2.21. The number of carbonyl (C=O) groups excluding carboxylic acids is 1. The highest BCUT2D eigenvalue weighted by Gasteiger charge is 2.16. The fraction of sp³-hybridized carbons (Fsp3) is 0.235. The summed E-state index contributed by atoms with van der Waals surface area (Å²) in [6, 6.07) is 16.6. The van der Waals surface area contributed by atoms with Gasteiger partial charge in [-0.05, 0) is 23.6 Å². The van der Waals surface area contributed by atoms with Crippen LogP contribution in [0.15, 0.2) is 54.6 Å². The maximum absolute atomic E-state index is 12.3. The van der Waals surface area contributed by atoms with E-state index in [0.717, 1.165) is 17.5 Å². The van der Waals surface area contributed by atoms with Gasteiger partial charge in [0.25, 0.3) is 5.91 Å². The molecule has 3 nitrogen and oxygen atoms in total. The molecule has 1 amide bonds. The van der Waals surface area contributed by atoms with Crippen molar-refractivity contribution in [3.63, 3.8) is 0 Å². The van der Waals surface area contributed by atoms with Crippen LogP contribution >= 0.6 is 0 Å². The van der Waals surface area contributed by atoms with E-state index in [1.165, 1.54) is 0 Å². The number of hydrogen-bond acceptors (Lipinski definition) is 2. The lowest BCUT2D eigenvalue weighted by atomic mass is 10.0. The number of aliphatic hydroxyl groups excluding tert-OH is 1. The summed E-state index contributed by atoms with van der Waals surface area (Å²) < 4.78 is 0. The monoisotopic (exact) mass is 269 g/mol. The van der Waals surface area contributed by atoms with Crippen LogP contribution in [-0.2, 0) is 6.42 Å². The van der Waals surface area contributed by atoms with E-state index in [4.69, 9.17) is 0 Å². The van der Waals surface area contributed by atoms with Gasteiger partial charge in [0.15, 0.2) is 0 Å². The van der Waals surface area contributed by atoms with E-state index in [9.17, 15) is 9.90 Å². The van der Waals surface area contributed by atoms with Crippen molar-refractivity contribution < 1.29 is 9.90 Å². The number of rotatable bonds is 5. The van der Waals surface area contributed by atoms with Gasteiger partial charge in [-0.1, -0.05) is 55.5 Å². The molecule has 1 atom stereocenters. The summed E-state index contributed by atoms with van der Waals surface area (Å²) in [6.07, 6.45) is 0.804. The molecule has 0 aliphatic carbocycles. The first kappa shape index (κ1) is 14.3. The second-order valence-electron chi connectivity index (χ2n) is 4.63. The number of aliphatic hydroxyl groups is 1. The molecule has 0 spiro atoms. The molecule has 104 valence electrons. The van der Waals surface area contributed by atoms with Crippen molar-refractivity contribution in [1.29, 1.82) is 0 Å². The van der Waals surface area contributed by atoms with E-state index in [2.05, 4.69) is 5.32 Å². The normalized spacial score (nSPS) is 11.9. The van der Waals surface area contributed by atoms with E-state index in [1.54, 1.807) is 0 Å². The summed E-state index contributed by atoms with van der Waals surface area (Å²) in [7, 11) is 0. The minimum atomic E-state index is -0.381. The maximum Gasteiger partial charge on any atom is 0.252 e. The quantitative estimate of drug-likeness (QED) is 0.876. The third-order valence-electron chi connectivity index (χ3n) is 3.33. The highest BCUT2D eigenvalue weighted by atomic mass is 16.3. The molecule has 20 heavy (non-hydrogen) atoms. The molecule has 2 rings (SSSR count). The number of amides is 1. The van der Waals surface area contributed by atoms with Crippen LogP contribution in [0.25, 0.3) is 0 Å². The Hall–Kier alpha value is -2.13. The van der Waals surface area contributed by atoms with Gasteiger partial charge in [0.1, 0.15) is 0 Å². The van der Waals surface area contributed by atoms with Crippen LogP contribution in [0.2, 0.25) is 0 Å². The summed E-state index contributed by atoms with van der Waals surface area (Å²) in [5.74, 6) is -0.148. The molecule has 0 aromatic heterocycles. The van der Waals surface area contributed by atoms with E-state index in [0.29, 0.717) is 5.56 Å². The molecule has 2 N–H and O–H groups in total. The highest BCUT2D eigenvalue weighted by molar-refractivity contribution is 5.95. The van der Waals surface area contributed by atoms with Gasteiger partial charge in [0.2, 0.25) is 0 Å².